The van der Waals surface area contributed by atoms with Crippen molar-refractivity contribution in [1.82, 2.24) is 4.90 Å². The Labute approximate surface area is 166 Å². The highest BCUT2D eigenvalue weighted by Crippen LogP contribution is 2.24. The summed E-state index contributed by atoms with van der Waals surface area (Å²) in [4.78, 5) is 14.5. The van der Waals surface area contributed by atoms with Gasteiger partial charge in [-0.25, -0.2) is 0 Å². The normalized spacial score (nSPS) is 16.8. The summed E-state index contributed by atoms with van der Waals surface area (Å²) >= 11 is 0. The maximum absolute atomic E-state index is 12.6. The van der Waals surface area contributed by atoms with Gasteiger partial charge in [-0.1, -0.05) is 18.2 Å². The van der Waals surface area contributed by atoms with Crippen LogP contribution >= 0.6 is 0 Å². The van der Waals surface area contributed by atoms with E-state index in [1.807, 2.05) is 47.4 Å². The van der Waals surface area contributed by atoms with Crippen LogP contribution in [-0.4, -0.2) is 44.7 Å². The van der Waals surface area contributed by atoms with Crippen molar-refractivity contribution in [2.24, 2.45) is 5.92 Å². The number of carbonyl (C=O) groups is 1. The largest absolute Gasteiger partial charge is 0.497 e. The SMILES string of the molecule is COc1cc(/C=C/C(=O)N2CCCC(COc3ccccc3)C2)cc(OC)c1. The van der Waals surface area contributed by atoms with E-state index < -0.39 is 0 Å². The van der Waals surface area contributed by atoms with Crippen molar-refractivity contribution in [1.29, 1.82) is 0 Å². The predicted octanol–water partition coefficient (Wildman–Crippen LogP) is 4.03. The second-order valence-corrected chi connectivity index (χ2v) is 6.90. The summed E-state index contributed by atoms with van der Waals surface area (Å²) in [6.45, 7) is 2.13. The summed E-state index contributed by atoms with van der Waals surface area (Å²) in [5.74, 6) is 2.64. The molecule has 0 radical (unpaired) electrons. The van der Waals surface area contributed by atoms with Gasteiger partial charge in [0.2, 0.25) is 5.91 Å². The van der Waals surface area contributed by atoms with Crippen LogP contribution in [0.15, 0.2) is 54.6 Å². The molecule has 5 nitrogen and oxygen atoms in total. The zero-order chi connectivity index (χ0) is 19.8. The molecule has 1 unspecified atom stereocenters. The molecule has 1 fully saturated rings. The Morgan fingerprint density at radius 3 is 2.46 bits per heavy atom. The van der Waals surface area contributed by atoms with E-state index in [4.69, 9.17) is 14.2 Å². The number of rotatable bonds is 7. The molecular formula is C23H27NO4. The number of ether oxygens (including phenoxy) is 3. The van der Waals surface area contributed by atoms with Crippen molar-refractivity contribution >= 4 is 12.0 Å². The Kier molecular flexibility index (Phi) is 6.95. The lowest BCUT2D eigenvalue weighted by atomic mass is 9.99. The molecular weight excluding hydrogens is 354 g/mol. The molecule has 0 bridgehead atoms. The van der Waals surface area contributed by atoms with E-state index in [0.29, 0.717) is 24.0 Å². The number of benzene rings is 2. The van der Waals surface area contributed by atoms with E-state index in [1.165, 1.54) is 0 Å². The van der Waals surface area contributed by atoms with Crippen molar-refractivity contribution in [3.63, 3.8) is 0 Å². The lowest BCUT2D eigenvalue weighted by Gasteiger charge is -2.32. The Hall–Kier alpha value is -2.95. The van der Waals surface area contributed by atoms with Crippen LogP contribution in [0.1, 0.15) is 18.4 Å². The van der Waals surface area contributed by atoms with Gasteiger partial charge in [0, 0.05) is 31.1 Å². The smallest absolute Gasteiger partial charge is 0.246 e. The molecule has 2 aromatic carbocycles. The maximum Gasteiger partial charge on any atom is 0.246 e. The first kappa shape index (κ1) is 19.8. The van der Waals surface area contributed by atoms with Crippen molar-refractivity contribution in [2.45, 2.75) is 12.8 Å². The van der Waals surface area contributed by atoms with Gasteiger partial charge < -0.3 is 19.1 Å². The molecule has 0 aliphatic carbocycles. The molecule has 1 aliphatic rings. The minimum atomic E-state index is 0.0196. The van der Waals surface area contributed by atoms with Crippen molar-refractivity contribution in [3.05, 3.63) is 60.2 Å². The first-order chi connectivity index (χ1) is 13.7. The molecule has 1 amide bonds. The summed E-state index contributed by atoms with van der Waals surface area (Å²) in [5.41, 5.74) is 0.866. The highest BCUT2D eigenvalue weighted by atomic mass is 16.5. The van der Waals surface area contributed by atoms with Gasteiger partial charge in [-0.2, -0.15) is 0 Å². The van der Waals surface area contributed by atoms with Crippen LogP contribution in [0, 0.1) is 5.92 Å². The van der Waals surface area contributed by atoms with Crippen LogP contribution in [0.25, 0.3) is 6.08 Å². The molecule has 0 spiro atoms. The summed E-state index contributed by atoms with van der Waals surface area (Å²) in [7, 11) is 3.22. The first-order valence-electron chi connectivity index (χ1n) is 9.56. The fraction of sp³-hybridized carbons (Fsp3) is 0.348. The minimum Gasteiger partial charge on any atom is -0.497 e. The predicted molar refractivity (Wildman–Crippen MR) is 110 cm³/mol. The fourth-order valence-electron chi connectivity index (χ4n) is 3.33. The molecule has 2 aromatic rings. The average Bonchev–Trinajstić information content (AvgIpc) is 2.76. The lowest BCUT2D eigenvalue weighted by molar-refractivity contribution is -0.127. The molecule has 0 N–H and O–H groups in total. The molecule has 1 saturated heterocycles. The van der Waals surface area contributed by atoms with Gasteiger partial charge in [0.1, 0.15) is 17.2 Å². The standard InChI is InChI=1S/C23H27NO4/c1-26-21-13-18(14-22(15-21)27-2)10-11-23(25)24-12-6-7-19(16-24)17-28-20-8-4-3-5-9-20/h3-5,8-11,13-15,19H,6-7,12,16-17H2,1-2H3/b11-10+. The van der Waals surface area contributed by atoms with Crippen molar-refractivity contribution < 1.29 is 19.0 Å². The Morgan fingerprint density at radius 2 is 1.79 bits per heavy atom. The topological polar surface area (TPSA) is 48.0 Å². The van der Waals surface area contributed by atoms with Gasteiger partial charge in [-0.05, 0) is 48.7 Å². The van der Waals surface area contributed by atoms with Crippen molar-refractivity contribution in [2.75, 3.05) is 33.9 Å². The van der Waals surface area contributed by atoms with Crippen LogP contribution < -0.4 is 14.2 Å². The second kappa shape index (κ2) is 9.83. The summed E-state index contributed by atoms with van der Waals surface area (Å²) in [6, 6.07) is 15.4. The van der Waals surface area contributed by atoms with Gasteiger partial charge in [0.05, 0.1) is 20.8 Å². The van der Waals surface area contributed by atoms with E-state index in [0.717, 1.165) is 37.2 Å². The zero-order valence-electron chi connectivity index (χ0n) is 16.5. The third kappa shape index (κ3) is 5.52. The van der Waals surface area contributed by atoms with Gasteiger partial charge in [-0.3, -0.25) is 4.79 Å². The Morgan fingerprint density at radius 1 is 1.07 bits per heavy atom. The van der Waals surface area contributed by atoms with Crippen LogP contribution in [0.3, 0.4) is 0 Å². The number of hydrogen-bond acceptors (Lipinski definition) is 4. The van der Waals surface area contributed by atoms with Crippen LogP contribution in [0.4, 0.5) is 0 Å². The molecule has 5 heteroatoms. The Balaban J connectivity index is 1.57. The number of piperidine rings is 1. The van der Waals surface area contributed by atoms with Crippen LogP contribution in [0.5, 0.6) is 17.2 Å². The number of methoxy groups -OCH3 is 2. The number of amides is 1. The average molecular weight is 381 g/mol. The second-order valence-electron chi connectivity index (χ2n) is 6.90. The quantitative estimate of drug-likeness (QED) is 0.680. The van der Waals surface area contributed by atoms with Crippen molar-refractivity contribution in [3.8, 4) is 17.2 Å². The summed E-state index contributed by atoms with van der Waals surface area (Å²) < 4.78 is 16.4. The molecule has 148 valence electrons. The maximum atomic E-state index is 12.6. The number of likely N-dealkylation sites (tertiary alicyclic amines) is 1. The van der Waals surface area contributed by atoms with Gasteiger partial charge in [0.15, 0.2) is 0 Å². The molecule has 1 aliphatic heterocycles. The molecule has 3 rings (SSSR count). The van der Waals surface area contributed by atoms with Crippen LogP contribution in [-0.2, 0) is 4.79 Å². The van der Waals surface area contributed by atoms with E-state index in [-0.39, 0.29) is 5.91 Å². The van der Waals surface area contributed by atoms with Gasteiger partial charge in [-0.15, -0.1) is 0 Å². The van der Waals surface area contributed by atoms with E-state index in [9.17, 15) is 4.79 Å². The lowest BCUT2D eigenvalue weighted by Crippen LogP contribution is -2.40. The van der Waals surface area contributed by atoms with E-state index in [2.05, 4.69) is 0 Å². The highest BCUT2D eigenvalue weighted by molar-refractivity contribution is 5.92. The van der Waals surface area contributed by atoms with Crippen LogP contribution in [0.2, 0.25) is 0 Å². The van der Waals surface area contributed by atoms with E-state index >= 15 is 0 Å². The monoisotopic (exact) mass is 381 g/mol. The minimum absolute atomic E-state index is 0.0196. The number of para-hydroxylation sites is 1. The summed E-state index contributed by atoms with van der Waals surface area (Å²) in [6.07, 6.45) is 5.49. The van der Waals surface area contributed by atoms with E-state index in [1.54, 1.807) is 32.4 Å². The molecule has 0 aromatic heterocycles. The molecule has 1 atom stereocenters. The number of nitrogens with zero attached hydrogens (tertiary/aromatic N) is 1. The summed E-state index contributed by atoms with van der Waals surface area (Å²) in [5, 5.41) is 0. The van der Waals surface area contributed by atoms with Gasteiger partial charge >= 0.3 is 0 Å². The molecule has 0 saturated carbocycles. The van der Waals surface area contributed by atoms with Gasteiger partial charge in [0.25, 0.3) is 0 Å². The Bertz CT molecular complexity index is 781. The molecule has 28 heavy (non-hydrogen) atoms. The first-order valence-corrected chi connectivity index (χ1v) is 9.56. The highest BCUT2D eigenvalue weighted by Gasteiger charge is 2.23. The fourth-order valence-corrected chi connectivity index (χ4v) is 3.33. The zero-order valence-corrected chi connectivity index (χ0v) is 16.5. The third-order valence-electron chi connectivity index (χ3n) is 4.85. The number of hydrogen-bond donors (Lipinski definition) is 0. The molecule has 1 heterocycles. The number of carbonyl (C=O) groups excluding carboxylic acids is 1. The third-order valence-corrected chi connectivity index (χ3v) is 4.85.